The lowest BCUT2D eigenvalue weighted by Gasteiger charge is -2.30. The molecule has 1 saturated heterocycles. The van der Waals surface area contributed by atoms with Gasteiger partial charge in [-0.05, 0) is 43.0 Å². The van der Waals surface area contributed by atoms with Gasteiger partial charge in [0, 0.05) is 31.6 Å². The highest BCUT2D eigenvalue weighted by Crippen LogP contribution is 2.47. The quantitative estimate of drug-likeness (QED) is 0.474. The average molecular weight is 495 g/mol. The normalized spacial score (nSPS) is 21.0. The highest BCUT2D eigenvalue weighted by atomic mass is 16.7. The Hall–Kier alpha value is -3.06. The summed E-state index contributed by atoms with van der Waals surface area (Å²) in [4.78, 5) is 30.3. The molecule has 2 aliphatic heterocycles. The van der Waals surface area contributed by atoms with E-state index in [2.05, 4.69) is 18.7 Å². The number of nitrogens with zero attached hydrogens (tertiary/aromatic N) is 2. The summed E-state index contributed by atoms with van der Waals surface area (Å²) in [5.41, 5.74) is 2.94. The Morgan fingerprint density at radius 3 is 2.25 bits per heavy atom. The molecule has 0 bridgehead atoms. The number of ether oxygens (including phenoxy) is 2. The van der Waals surface area contributed by atoms with E-state index >= 15 is 0 Å². The number of hydrogen-bond acceptors (Lipinski definition) is 5. The molecule has 7 nitrogen and oxygen atoms in total. The Morgan fingerprint density at radius 1 is 0.972 bits per heavy atom. The van der Waals surface area contributed by atoms with Crippen LogP contribution in [0.4, 0.5) is 0 Å². The summed E-state index contributed by atoms with van der Waals surface area (Å²) in [6, 6.07) is 13.3. The van der Waals surface area contributed by atoms with Crippen molar-refractivity contribution in [1.82, 2.24) is 9.80 Å². The molecule has 1 N–H and O–H groups in total. The van der Waals surface area contributed by atoms with E-state index in [9.17, 15) is 14.7 Å². The van der Waals surface area contributed by atoms with Crippen LogP contribution in [0.2, 0.25) is 0 Å². The second-order valence-corrected chi connectivity index (χ2v) is 9.96. The molecule has 36 heavy (non-hydrogen) atoms. The second-order valence-electron chi connectivity index (χ2n) is 9.96. The number of fused-ring (bicyclic) bond motifs is 1. The van der Waals surface area contributed by atoms with Crippen LogP contribution in [-0.4, -0.2) is 59.8 Å². The maximum absolute atomic E-state index is 13.5. The number of aliphatic carboxylic acids is 1. The fraction of sp³-hybridized carbons (Fsp3) is 0.517. The Bertz CT molecular complexity index is 1050. The third kappa shape index (κ3) is 5.67. The van der Waals surface area contributed by atoms with Crippen molar-refractivity contribution in [3.8, 4) is 11.5 Å². The lowest BCUT2D eigenvalue weighted by atomic mass is 9.82. The zero-order valence-electron chi connectivity index (χ0n) is 21.6. The Kier molecular flexibility index (Phi) is 8.52. The lowest BCUT2D eigenvalue weighted by Crippen LogP contribution is -2.42. The van der Waals surface area contributed by atoms with E-state index in [1.165, 1.54) is 0 Å². The van der Waals surface area contributed by atoms with Gasteiger partial charge < -0.3 is 19.5 Å². The van der Waals surface area contributed by atoms with Gasteiger partial charge in [0.25, 0.3) is 0 Å². The van der Waals surface area contributed by atoms with Crippen molar-refractivity contribution in [3.05, 3.63) is 59.2 Å². The lowest BCUT2D eigenvalue weighted by molar-refractivity contribution is -0.144. The first kappa shape index (κ1) is 26.0. The summed E-state index contributed by atoms with van der Waals surface area (Å²) in [5.74, 6) is -0.440. The van der Waals surface area contributed by atoms with Crippen molar-refractivity contribution in [3.63, 3.8) is 0 Å². The smallest absolute Gasteiger partial charge is 0.309 e. The fourth-order valence-corrected chi connectivity index (χ4v) is 5.37. The number of likely N-dealkylation sites (tertiary alicyclic amines) is 1. The number of hydrogen-bond donors (Lipinski definition) is 1. The maximum Gasteiger partial charge on any atom is 0.309 e. The maximum atomic E-state index is 13.5. The molecule has 0 aliphatic carbocycles. The topological polar surface area (TPSA) is 79.3 Å². The van der Waals surface area contributed by atoms with E-state index in [0.29, 0.717) is 18.0 Å². The third-order valence-electron chi connectivity index (χ3n) is 7.38. The summed E-state index contributed by atoms with van der Waals surface area (Å²) in [6.45, 7) is 8.62. The van der Waals surface area contributed by atoms with Gasteiger partial charge in [-0.1, -0.05) is 62.6 Å². The predicted octanol–water partition coefficient (Wildman–Crippen LogP) is 4.99. The van der Waals surface area contributed by atoms with Gasteiger partial charge >= 0.3 is 5.97 Å². The number of unbranched alkanes of at least 4 members (excludes halogenated alkanes) is 2. The number of carboxylic acid groups (broad SMARTS) is 1. The van der Waals surface area contributed by atoms with E-state index in [1.807, 2.05) is 54.3 Å². The molecule has 0 saturated carbocycles. The molecule has 0 unspecified atom stereocenters. The van der Waals surface area contributed by atoms with Crippen molar-refractivity contribution in [1.29, 1.82) is 0 Å². The first-order valence-corrected chi connectivity index (χ1v) is 13.1. The van der Waals surface area contributed by atoms with Gasteiger partial charge in [-0.3, -0.25) is 14.5 Å². The first-order valence-electron chi connectivity index (χ1n) is 13.1. The number of aryl methyl sites for hydroxylation is 1. The molecule has 7 heteroatoms. The molecule has 4 rings (SSSR count). The fourth-order valence-electron chi connectivity index (χ4n) is 5.37. The van der Waals surface area contributed by atoms with E-state index in [1.54, 1.807) is 0 Å². The Labute approximate surface area is 214 Å². The average Bonchev–Trinajstić information content (AvgIpc) is 3.49. The molecule has 1 fully saturated rings. The van der Waals surface area contributed by atoms with Crippen molar-refractivity contribution in [2.24, 2.45) is 5.92 Å². The zero-order valence-corrected chi connectivity index (χ0v) is 21.6. The van der Waals surface area contributed by atoms with Crippen molar-refractivity contribution < 1.29 is 24.2 Å². The van der Waals surface area contributed by atoms with Crippen LogP contribution in [-0.2, 0) is 9.59 Å². The van der Waals surface area contributed by atoms with Crippen molar-refractivity contribution >= 4 is 11.9 Å². The SMILES string of the molecule is CCCCN(CCCC)C(=O)CN1C[C@@H](c2ccc3c(c2)OCO3)[C@H](C(=O)O)[C@H]1c1ccc(C)cc1. The van der Waals surface area contributed by atoms with Crippen LogP contribution < -0.4 is 9.47 Å². The summed E-state index contributed by atoms with van der Waals surface area (Å²) < 4.78 is 11.0. The van der Waals surface area contributed by atoms with E-state index in [4.69, 9.17) is 9.47 Å². The molecule has 194 valence electrons. The number of carbonyl (C=O) groups is 2. The molecule has 2 aliphatic rings. The highest BCUT2D eigenvalue weighted by Gasteiger charge is 2.48. The Morgan fingerprint density at radius 2 is 1.61 bits per heavy atom. The molecule has 3 atom stereocenters. The van der Waals surface area contributed by atoms with Gasteiger partial charge in [-0.25, -0.2) is 0 Å². The molecule has 1 amide bonds. The van der Waals surface area contributed by atoms with Crippen LogP contribution in [0.15, 0.2) is 42.5 Å². The van der Waals surface area contributed by atoms with Crippen LogP contribution in [0.25, 0.3) is 0 Å². The molecule has 2 heterocycles. The third-order valence-corrected chi connectivity index (χ3v) is 7.38. The van der Waals surface area contributed by atoms with Gasteiger partial charge in [-0.2, -0.15) is 0 Å². The summed E-state index contributed by atoms with van der Waals surface area (Å²) in [5, 5.41) is 10.4. The van der Waals surface area contributed by atoms with Gasteiger partial charge in [-0.15, -0.1) is 0 Å². The standard InChI is InChI=1S/C29H38N2O5/c1-4-6-14-30(15-7-5-2)26(32)18-31-17-23(22-12-13-24-25(16-22)36-19-35-24)27(29(33)34)28(31)21-10-8-20(3)9-11-21/h8-13,16,23,27-28H,4-7,14-15,17-19H2,1-3H3,(H,33,34)/t23-,27-,28+/m0/s1. The van der Waals surface area contributed by atoms with Crippen LogP contribution in [0.5, 0.6) is 11.5 Å². The van der Waals surface area contributed by atoms with Crippen LogP contribution in [0.1, 0.15) is 68.2 Å². The monoisotopic (exact) mass is 494 g/mol. The van der Waals surface area contributed by atoms with Crippen molar-refractivity contribution in [2.45, 2.75) is 58.4 Å². The van der Waals surface area contributed by atoms with E-state index in [-0.39, 0.29) is 25.2 Å². The second kappa shape index (κ2) is 11.8. The molecule has 2 aromatic rings. The van der Waals surface area contributed by atoms with Gasteiger partial charge in [0.1, 0.15) is 0 Å². The molecule has 0 aromatic heterocycles. The predicted molar refractivity (Wildman–Crippen MR) is 138 cm³/mol. The first-order chi connectivity index (χ1) is 17.4. The number of carbonyl (C=O) groups excluding carboxylic acids is 1. The van der Waals surface area contributed by atoms with E-state index < -0.39 is 17.9 Å². The minimum absolute atomic E-state index is 0.0736. The number of rotatable bonds is 11. The van der Waals surface area contributed by atoms with Crippen LogP contribution in [0, 0.1) is 12.8 Å². The summed E-state index contributed by atoms with van der Waals surface area (Å²) in [7, 11) is 0. The number of benzene rings is 2. The largest absolute Gasteiger partial charge is 0.481 e. The zero-order chi connectivity index (χ0) is 25.7. The van der Waals surface area contributed by atoms with Gasteiger partial charge in [0.2, 0.25) is 12.7 Å². The Balaban J connectivity index is 1.66. The van der Waals surface area contributed by atoms with Gasteiger partial charge in [0.15, 0.2) is 11.5 Å². The molecule has 0 spiro atoms. The number of amides is 1. The molecular formula is C29H38N2O5. The summed E-state index contributed by atoms with van der Waals surface area (Å²) >= 11 is 0. The van der Waals surface area contributed by atoms with Crippen molar-refractivity contribution in [2.75, 3.05) is 33.0 Å². The van der Waals surface area contributed by atoms with Crippen LogP contribution >= 0.6 is 0 Å². The van der Waals surface area contributed by atoms with E-state index in [0.717, 1.165) is 55.5 Å². The summed E-state index contributed by atoms with van der Waals surface area (Å²) in [6.07, 6.45) is 3.99. The highest BCUT2D eigenvalue weighted by molar-refractivity contribution is 5.79. The van der Waals surface area contributed by atoms with Gasteiger partial charge in [0.05, 0.1) is 12.5 Å². The minimum atomic E-state index is -0.855. The molecular weight excluding hydrogens is 456 g/mol. The number of carboxylic acids is 1. The molecule has 2 aromatic carbocycles. The van der Waals surface area contributed by atoms with Crippen LogP contribution in [0.3, 0.4) is 0 Å². The minimum Gasteiger partial charge on any atom is -0.481 e. The molecule has 0 radical (unpaired) electrons.